The van der Waals surface area contributed by atoms with Crippen LogP contribution in [0.1, 0.15) is 79.2 Å². The van der Waals surface area contributed by atoms with Gasteiger partial charge in [0.2, 0.25) is 35.4 Å². The zero-order valence-corrected chi connectivity index (χ0v) is 72.1. The number of carbonyl (C=O) groups excluding carboxylic acids is 12. The molecule has 0 aromatic heterocycles. The summed E-state index contributed by atoms with van der Waals surface area (Å²) in [6.45, 7) is 22.8. The van der Waals surface area contributed by atoms with Crippen molar-refractivity contribution >= 4 is 77.4 Å². The van der Waals surface area contributed by atoms with Gasteiger partial charge >= 0.3 is 18.0 Å². The van der Waals surface area contributed by atoms with E-state index in [4.69, 9.17) is 37.9 Å². The number of nitrogens with one attached hydrogen (secondary N) is 1. The van der Waals surface area contributed by atoms with Crippen LogP contribution in [0.3, 0.4) is 0 Å². The van der Waals surface area contributed by atoms with Crippen molar-refractivity contribution in [2.45, 2.75) is 159 Å². The van der Waals surface area contributed by atoms with E-state index in [2.05, 4.69) is 35.9 Å². The predicted octanol–water partition coefficient (Wildman–Crippen LogP) is -3.80. The third kappa shape index (κ3) is 20.9. The minimum atomic E-state index is -1.20. The van der Waals surface area contributed by atoms with Gasteiger partial charge in [0.1, 0.15) is 17.4 Å². The van der Waals surface area contributed by atoms with Crippen LogP contribution >= 0.6 is 0 Å². The fourth-order valence-electron chi connectivity index (χ4n) is 20.7. The molecule has 0 radical (unpaired) electrons. The lowest BCUT2D eigenvalue weighted by Gasteiger charge is -2.37. The summed E-state index contributed by atoms with van der Waals surface area (Å²) in [5.74, 6) is -14.9. The zero-order valence-electron chi connectivity index (χ0n) is 72.1. The molecule has 0 aliphatic carbocycles. The van der Waals surface area contributed by atoms with Crippen LogP contribution in [0.15, 0.2) is 103 Å². The molecule has 12 saturated heterocycles. The number of aliphatic carboxylic acids is 5. The Hall–Kier alpha value is -9.79. The molecular formula is C91H121N10O26-3. The van der Waals surface area contributed by atoms with Crippen molar-refractivity contribution in [3.63, 3.8) is 0 Å². The average Bonchev–Trinajstić information content (AvgIpc) is 1.61. The van der Waals surface area contributed by atoms with E-state index in [1.165, 1.54) is 24.0 Å². The first-order valence-corrected chi connectivity index (χ1v) is 44.6. The first-order chi connectivity index (χ1) is 60.4. The molecule has 18 aliphatic rings. The number of hydrogen-bond donors (Lipinski definition) is 2. The van der Waals surface area contributed by atoms with Gasteiger partial charge in [-0.1, -0.05) is 118 Å². The molecule has 12 bridgehead atoms. The van der Waals surface area contributed by atoms with Crippen LogP contribution in [-0.2, 0) is 102 Å². The van der Waals surface area contributed by atoms with E-state index in [0.717, 1.165) is 111 Å². The maximum Gasteiger partial charge on any atom is 0.410 e. The number of quaternary nitrogens is 1. The molecule has 7 amide bonds. The number of carbonyl (C=O) groups is 13. The van der Waals surface area contributed by atoms with Crippen LogP contribution < -0.4 is 25.3 Å². The number of likely N-dealkylation sites (tertiary alicyclic amines) is 2. The fraction of sp³-hybridized carbons (Fsp3) is 0.659. The first kappa shape index (κ1) is 94.8. The number of rotatable bonds is 15. The highest BCUT2D eigenvalue weighted by Gasteiger charge is 2.59. The number of carboxylic acids is 5. The number of benzene rings is 1. The highest BCUT2D eigenvalue weighted by molar-refractivity contribution is 5.91. The predicted molar refractivity (Wildman–Crippen MR) is 441 cm³/mol. The van der Waals surface area contributed by atoms with Gasteiger partial charge in [-0.25, -0.2) is 4.79 Å². The van der Waals surface area contributed by atoms with Crippen molar-refractivity contribution < 1.29 is 131 Å². The minimum Gasteiger partial charge on any atom is -0.550 e. The summed E-state index contributed by atoms with van der Waals surface area (Å²) in [6.07, 6.45) is 22.2. The fourth-order valence-corrected chi connectivity index (χ4v) is 20.7. The first-order valence-electron chi connectivity index (χ1n) is 44.6. The van der Waals surface area contributed by atoms with E-state index in [1.807, 2.05) is 35.3 Å². The Morgan fingerprint density at radius 1 is 0.362 bits per heavy atom. The van der Waals surface area contributed by atoms with Crippen molar-refractivity contribution in [3.8, 4) is 0 Å². The maximum absolute atomic E-state index is 12.9. The Bertz CT molecular complexity index is 4360. The summed E-state index contributed by atoms with van der Waals surface area (Å²) < 4.78 is 43.5. The lowest BCUT2D eigenvalue weighted by atomic mass is 9.81. The molecule has 12 fully saturated rings. The maximum atomic E-state index is 12.9. The molecule has 0 spiro atoms. The van der Waals surface area contributed by atoms with Gasteiger partial charge in [0.15, 0.2) is 0 Å². The van der Waals surface area contributed by atoms with Crippen molar-refractivity contribution in [2.24, 2.45) is 71.0 Å². The molecule has 1 aromatic carbocycles. The SMILES string of the molecule is C.CC(C)(C)OC(=O)N1CCN(C(=O)C2C(C(=O)O)[C@H]3C=C[C@@H]2O3)CC1.CCN1CCN(C(=O)C2C(C(=O)[O-])[C@H]3C=C[C@@H]2O3)CC1.COC(=O)C1C(C(=O)N2CCCCC2)[C@@H]2C=C[C@H]1O2.C[NH+]1CCN(C(=O)C2C(C(=O)[O-])[C@H]3C=C[C@@H]2O3)CC1.O=C([O-])C1C(C(=O)N2CCCCC2)[C@@H]2C=C[C@H]1O2.O=C([O-])C1C(C(=O)N2CCN(Cc3ccccc3)CC2)[C@@H]2C=C[C@H]1O2. The molecule has 19 rings (SSSR count). The summed E-state index contributed by atoms with van der Waals surface area (Å²) in [4.78, 5) is 175. The zero-order chi connectivity index (χ0) is 89.7. The van der Waals surface area contributed by atoms with E-state index < -0.39 is 167 Å². The summed E-state index contributed by atoms with van der Waals surface area (Å²) in [5, 5.41) is 54.6. The van der Waals surface area contributed by atoms with Crippen LogP contribution in [0.5, 0.6) is 0 Å². The van der Waals surface area contributed by atoms with Gasteiger partial charge in [-0.05, 0) is 71.4 Å². The van der Waals surface area contributed by atoms with Crippen LogP contribution in [-0.4, -0.2) is 357 Å². The van der Waals surface area contributed by atoms with Crippen molar-refractivity contribution in [2.75, 3.05) is 152 Å². The van der Waals surface area contributed by atoms with E-state index in [0.29, 0.717) is 65.4 Å². The van der Waals surface area contributed by atoms with Gasteiger partial charge in [0, 0.05) is 159 Å². The van der Waals surface area contributed by atoms with Crippen molar-refractivity contribution in [1.29, 1.82) is 0 Å². The van der Waals surface area contributed by atoms with Crippen LogP contribution in [0, 0.1) is 71.0 Å². The largest absolute Gasteiger partial charge is 0.550 e. The number of fused-ring (bicyclic) bond motifs is 12. The van der Waals surface area contributed by atoms with Gasteiger partial charge in [-0.2, -0.15) is 0 Å². The summed E-state index contributed by atoms with van der Waals surface area (Å²) in [7, 11) is 3.45. The normalized spacial score (nSPS) is 34.6. The minimum absolute atomic E-state index is 0. The number of methoxy groups -OCH3 is 1. The molecular weight excluding hydrogens is 1650 g/mol. The molecule has 1 aromatic rings. The van der Waals surface area contributed by atoms with E-state index in [-0.39, 0.29) is 67.2 Å². The Kier molecular flexibility index (Phi) is 30.8. The molecule has 694 valence electrons. The lowest BCUT2D eigenvalue weighted by molar-refractivity contribution is -0.883. The number of esters is 1. The molecule has 36 nitrogen and oxygen atoms in total. The summed E-state index contributed by atoms with van der Waals surface area (Å²) in [6, 6.07) is 10.2. The second-order valence-electron chi connectivity index (χ2n) is 36.3. The molecule has 24 atom stereocenters. The van der Waals surface area contributed by atoms with Gasteiger partial charge in [-0.3, -0.25) is 43.3 Å². The van der Waals surface area contributed by atoms with E-state index >= 15 is 0 Å². The number of hydrogen-bond acceptors (Lipinski definition) is 27. The van der Waals surface area contributed by atoms with Crippen molar-refractivity contribution in [3.05, 3.63) is 109 Å². The Morgan fingerprint density at radius 2 is 0.622 bits per heavy atom. The molecule has 36 heteroatoms. The Labute approximate surface area is 739 Å². The second kappa shape index (κ2) is 41.3. The van der Waals surface area contributed by atoms with Gasteiger partial charge in [-0.15, -0.1) is 0 Å². The van der Waals surface area contributed by atoms with Gasteiger partial charge in [0.25, 0.3) is 0 Å². The Morgan fingerprint density at radius 3 is 0.921 bits per heavy atom. The molecule has 18 aliphatic heterocycles. The van der Waals surface area contributed by atoms with Crippen molar-refractivity contribution in [1.82, 2.24) is 44.1 Å². The topological polar surface area (TPSA) is 442 Å². The standard InChI is InChI=1S/C19H22N2O4.C17H24N2O6.C14H20N2O4.C14H19NO4.C13H18N2O4.C13H17NO4.CH4/c22-18(16-14-6-7-15(25-14)17(16)19(23)24)21-10-8-20(9-11-21)12-13-4-2-1-3-5-13;1-17(2,3)25-16(23)19-8-6-18(7-9-19)14(20)12-10-4-5-11(24-10)13(12)15(21)22;1-2-15-5-7-16(8-6-15)13(17)11-9-3-4-10(20-9)12(11)14(18)19;1-18-14(17)12-10-6-5-9(19-10)11(12)13(16)15-7-3-2-4-8-15;1-14-4-6-15(7-5-14)12(16)10-8-2-3-9(19-8)11(10)13(17)18;15-12(14-6-2-1-3-7-14)10-8-4-5-9(18-8)11(10)13(16)17;/h1-7,14-17H,8-12H2,(H,23,24);4-5,10-13H,6-9H2,1-3H3,(H,21,22);3-4,9-12H,2,5-8H2,1H3,(H,18,19);5-6,9-12H,2-4,7-8H2,1H3;2-3,8-11H,4-7H2,1H3,(H,17,18);4-5,8-11H,1-3,6-7H2,(H,16,17);1H4/p-3/t14-,15+,16?,17?;10-,11+,12?,13?;2*9-,10+,11?,12?;2*8-,9+,10?,11?;/m000000./s1. The van der Waals surface area contributed by atoms with Crippen LogP contribution in [0.25, 0.3) is 0 Å². The second-order valence-corrected chi connectivity index (χ2v) is 36.3. The lowest BCUT2D eigenvalue weighted by Crippen LogP contribution is -3.12. The smallest absolute Gasteiger partial charge is 0.410 e. The van der Waals surface area contributed by atoms with E-state index in [9.17, 15) is 87.9 Å². The van der Waals surface area contributed by atoms with Crippen LogP contribution in [0.2, 0.25) is 0 Å². The summed E-state index contributed by atoms with van der Waals surface area (Å²) >= 11 is 0. The number of nitrogens with zero attached hydrogens (tertiary/aromatic N) is 9. The van der Waals surface area contributed by atoms with Gasteiger partial charge in [0.05, 0.1) is 149 Å². The quantitative estimate of drug-likeness (QED) is 0.126. The third-order valence-electron chi connectivity index (χ3n) is 27.5. The molecule has 2 N–H and O–H groups in total. The third-order valence-corrected chi connectivity index (χ3v) is 27.5. The number of ether oxygens (including phenoxy) is 8. The van der Waals surface area contributed by atoms with E-state index in [1.54, 1.807) is 111 Å². The number of likely N-dealkylation sites (N-methyl/N-ethyl adjacent to an activating group) is 2. The number of piperazine rings is 4. The monoisotopic (exact) mass is 1770 g/mol. The highest BCUT2D eigenvalue weighted by atomic mass is 16.6. The van der Waals surface area contributed by atoms with Crippen LogP contribution in [0.4, 0.5) is 4.79 Å². The number of piperidine rings is 2. The Balaban J connectivity index is 0.000000131. The summed E-state index contributed by atoms with van der Waals surface area (Å²) in [5.41, 5.74) is 0.692. The molecule has 127 heavy (non-hydrogen) atoms. The molecule has 12 unspecified atom stereocenters. The number of amides is 7. The van der Waals surface area contributed by atoms with Gasteiger partial charge < -0.3 is 127 Å². The average molecular weight is 1770 g/mol. The highest BCUT2D eigenvalue weighted by Crippen LogP contribution is 2.46. The molecule has 0 saturated carbocycles. The number of carboxylic acid groups (broad SMARTS) is 5. The molecule has 18 heterocycles.